The van der Waals surface area contributed by atoms with Crippen LogP contribution in [0.15, 0.2) is 40.9 Å². The summed E-state index contributed by atoms with van der Waals surface area (Å²) in [4.78, 5) is 10.5. The largest absolute Gasteiger partial charge is 0.491 e. The molecule has 0 saturated heterocycles. The van der Waals surface area contributed by atoms with Crippen LogP contribution in [0.25, 0.3) is 10.8 Å². The molecule has 2 aromatic rings. The lowest BCUT2D eigenvalue weighted by atomic mass is 10.1. The van der Waals surface area contributed by atoms with Crippen LogP contribution in [0.4, 0.5) is 0 Å². The van der Waals surface area contributed by atoms with Crippen molar-refractivity contribution in [2.75, 3.05) is 26.4 Å². The Balaban J connectivity index is 1.73. The van der Waals surface area contributed by atoms with Gasteiger partial charge in [-0.25, -0.2) is 0 Å². The molecule has 0 N–H and O–H groups in total. The van der Waals surface area contributed by atoms with Crippen LogP contribution in [-0.4, -0.2) is 32.4 Å². The van der Waals surface area contributed by atoms with Crippen LogP contribution < -0.4 is 4.74 Å². The summed E-state index contributed by atoms with van der Waals surface area (Å²) in [5.74, 6) is 0.519. The number of carbonyl (C=O) groups excluding carboxylic acids is 1. The van der Waals surface area contributed by atoms with Gasteiger partial charge in [-0.2, -0.15) is 0 Å². The zero-order chi connectivity index (χ0) is 15.1. The third-order valence-corrected chi connectivity index (χ3v) is 3.30. The van der Waals surface area contributed by atoms with E-state index in [1.165, 1.54) is 6.92 Å². The van der Waals surface area contributed by atoms with E-state index in [1.807, 2.05) is 30.3 Å². The standard InChI is InChI=1S/C16H17BrO4/c1-12(18)20-8-6-19-7-9-21-16-5-3-13-10-15(17)4-2-14(13)11-16/h2-5,10-11H,6-9H2,1H3. The average Bonchev–Trinajstić information content (AvgIpc) is 2.46. The maximum absolute atomic E-state index is 10.5. The quantitative estimate of drug-likeness (QED) is 0.564. The van der Waals surface area contributed by atoms with E-state index in [2.05, 4.69) is 22.0 Å². The van der Waals surface area contributed by atoms with E-state index in [0.29, 0.717) is 19.8 Å². The van der Waals surface area contributed by atoms with Gasteiger partial charge in [0, 0.05) is 11.4 Å². The Morgan fingerprint density at radius 2 is 1.71 bits per heavy atom. The smallest absolute Gasteiger partial charge is 0.302 e. The molecular formula is C16H17BrO4. The first-order chi connectivity index (χ1) is 10.1. The van der Waals surface area contributed by atoms with E-state index in [4.69, 9.17) is 14.2 Å². The number of fused-ring (bicyclic) bond motifs is 1. The van der Waals surface area contributed by atoms with Crippen molar-refractivity contribution in [3.63, 3.8) is 0 Å². The Morgan fingerprint density at radius 1 is 1.00 bits per heavy atom. The van der Waals surface area contributed by atoms with Crippen molar-refractivity contribution in [2.24, 2.45) is 0 Å². The summed E-state index contributed by atoms with van der Waals surface area (Å²) in [5, 5.41) is 2.29. The third kappa shape index (κ3) is 5.36. The molecule has 0 atom stereocenters. The summed E-state index contributed by atoms with van der Waals surface area (Å²) in [7, 11) is 0. The predicted octanol–water partition coefficient (Wildman–Crippen LogP) is 3.56. The van der Waals surface area contributed by atoms with Crippen molar-refractivity contribution in [1.29, 1.82) is 0 Å². The number of benzene rings is 2. The SMILES string of the molecule is CC(=O)OCCOCCOc1ccc2cc(Br)ccc2c1. The number of carbonyl (C=O) groups is 1. The highest BCUT2D eigenvalue weighted by atomic mass is 79.9. The Hall–Kier alpha value is -1.59. The van der Waals surface area contributed by atoms with Gasteiger partial charge in [-0.3, -0.25) is 4.79 Å². The molecular weight excluding hydrogens is 336 g/mol. The highest BCUT2D eigenvalue weighted by molar-refractivity contribution is 9.10. The number of ether oxygens (including phenoxy) is 3. The molecule has 0 radical (unpaired) electrons. The van der Waals surface area contributed by atoms with Crippen molar-refractivity contribution in [3.05, 3.63) is 40.9 Å². The number of hydrogen-bond acceptors (Lipinski definition) is 4. The fourth-order valence-electron chi connectivity index (χ4n) is 1.85. The highest BCUT2D eigenvalue weighted by Crippen LogP contribution is 2.24. The van der Waals surface area contributed by atoms with Crippen LogP contribution in [-0.2, 0) is 14.3 Å². The topological polar surface area (TPSA) is 44.8 Å². The van der Waals surface area contributed by atoms with Crippen LogP contribution in [0.2, 0.25) is 0 Å². The van der Waals surface area contributed by atoms with E-state index >= 15 is 0 Å². The lowest BCUT2D eigenvalue weighted by Gasteiger charge is -2.08. The molecule has 0 amide bonds. The molecule has 0 spiro atoms. The Labute approximate surface area is 132 Å². The lowest BCUT2D eigenvalue weighted by molar-refractivity contribution is -0.142. The molecule has 0 heterocycles. The van der Waals surface area contributed by atoms with E-state index in [0.717, 1.165) is 21.0 Å². The number of rotatable bonds is 7. The minimum absolute atomic E-state index is 0.278. The number of halogens is 1. The van der Waals surface area contributed by atoms with E-state index in [-0.39, 0.29) is 12.6 Å². The van der Waals surface area contributed by atoms with Crippen molar-refractivity contribution >= 4 is 32.7 Å². The van der Waals surface area contributed by atoms with E-state index in [9.17, 15) is 4.79 Å². The second-order valence-electron chi connectivity index (χ2n) is 4.45. The fraction of sp³-hybridized carbons (Fsp3) is 0.312. The Bertz CT molecular complexity index is 612. The Morgan fingerprint density at radius 3 is 2.52 bits per heavy atom. The molecule has 0 aliphatic carbocycles. The van der Waals surface area contributed by atoms with Crippen molar-refractivity contribution in [2.45, 2.75) is 6.92 Å². The van der Waals surface area contributed by atoms with E-state index < -0.39 is 0 Å². The maximum Gasteiger partial charge on any atom is 0.302 e. The van der Waals surface area contributed by atoms with Crippen LogP contribution in [0, 0.1) is 0 Å². The average molecular weight is 353 g/mol. The van der Waals surface area contributed by atoms with Crippen molar-refractivity contribution in [3.8, 4) is 5.75 Å². The normalized spacial score (nSPS) is 10.6. The minimum atomic E-state index is -0.294. The van der Waals surface area contributed by atoms with E-state index in [1.54, 1.807) is 0 Å². The minimum Gasteiger partial charge on any atom is -0.491 e. The molecule has 0 aliphatic heterocycles. The predicted molar refractivity (Wildman–Crippen MR) is 84.6 cm³/mol. The van der Waals surface area contributed by atoms with Crippen molar-refractivity contribution < 1.29 is 19.0 Å². The fourth-order valence-corrected chi connectivity index (χ4v) is 2.23. The van der Waals surface area contributed by atoms with Gasteiger partial charge in [0.1, 0.15) is 19.0 Å². The van der Waals surface area contributed by atoms with Crippen LogP contribution in [0.3, 0.4) is 0 Å². The second-order valence-corrected chi connectivity index (χ2v) is 5.37. The molecule has 0 bridgehead atoms. The van der Waals surface area contributed by atoms with Crippen LogP contribution in [0.1, 0.15) is 6.92 Å². The van der Waals surface area contributed by atoms with Crippen LogP contribution in [0.5, 0.6) is 5.75 Å². The van der Waals surface area contributed by atoms with Crippen LogP contribution >= 0.6 is 15.9 Å². The second kappa shape index (κ2) is 8.00. The Kier molecular flexibility index (Phi) is 6.02. The van der Waals surface area contributed by atoms with Gasteiger partial charge in [0.15, 0.2) is 0 Å². The zero-order valence-electron chi connectivity index (χ0n) is 11.8. The summed E-state index contributed by atoms with van der Waals surface area (Å²) in [5.41, 5.74) is 0. The molecule has 0 fully saturated rings. The van der Waals surface area contributed by atoms with Crippen molar-refractivity contribution in [1.82, 2.24) is 0 Å². The summed E-state index contributed by atoms with van der Waals surface area (Å²) in [6, 6.07) is 12.1. The lowest BCUT2D eigenvalue weighted by Crippen LogP contribution is -2.12. The summed E-state index contributed by atoms with van der Waals surface area (Å²) in [6.45, 7) is 2.96. The maximum atomic E-state index is 10.5. The molecule has 4 nitrogen and oxygen atoms in total. The number of esters is 1. The molecule has 0 aliphatic rings. The van der Waals surface area contributed by atoms with Gasteiger partial charge >= 0.3 is 5.97 Å². The van der Waals surface area contributed by atoms with Gasteiger partial charge in [0.25, 0.3) is 0 Å². The number of hydrogen-bond donors (Lipinski definition) is 0. The molecule has 21 heavy (non-hydrogen) atoms. The first-order valence-electron chi connectivity index (χ1n) is 6.68. The molecule has 0 unspecified atom stereocenters. The zero-order valence-corrected chi connectivity index (χ0v) is 13.4. The highest BCUT2D eigenvalue weighted by Gasteiger charge is 1.99. The molecule has 5 heteroatoms. The summed E-state index contributed by atoms with van der Waals surface area (Å²) < 4.78 is 16.7. The molecule has 0 aromatic heterocycles. The van der Waals surface area contributed by atoms with Gasteiger partial charge in [-0.05, 0) is 35.0 Å². The molecule has 2 aromatic carbocycles. The van der Waals surface area contributed by atoms with Gasteiger partial charge in [-0.15, -0.1) is 0 Å². The third-order valence-electron chi connectivity index (χ3n) is 2.80. The van der Waals surface area contributed by atoms with Gasteiger partial charge < -0.3 is 14.2 Å². The van der Waals surface area contributed by atoms with Gasteiger partial charge in [0.2, 0.25) is 0 Å². The van der Waals surface area contributed by atoms with Gasteiger partial charge in [0.05, 0.1) is 13.2 Å². The summed E-state index contributed by atoms with van der Waals surface area (Å²) in [6.07, 6.45) is 0. The van der Waals surface area contributed by atoms with Gasteiger partial charge in [-0.1, -0.05) is 28.1 Å². The summed E-state index contributed by atoms with van der Waals surface area (Å²) >= 11 is 3.45. The first-order valence-corrected chi connectivity index (χ1v) is 7.48. The molecule has 112 valence electrons. The first kappa shape index (κ1) is 15.8. The monoisotopic (exact) mass is 352 g/mol. The molecule has 0 saturated carbocycles. The molecule has 2 rings (SSSR count).